The lowest BCUT2D eigenvalue weighted by Gasteiger charge is -2.35. The minimum Gasteiger partial charge on any atom is -0.388 e. The third-order valence-corrected chi connectivity index (χ3v) is 5.13. The van der Waals surface area contributed by atoms with Gasteiger partial charge in [-0.05, 0) is 42.6 Å². The molecule has 1 aromatic rings. The highest BCUT2D eigenvalue weighted by Gasteiger charge is 2.34. The van der Waals surface area contributed by atoms with Crippen LogP contribution in [0.4, 0.5) is 0 Å². The topological polar surface area (TPSA) is 25.2 Å². The van der Waals surface area contributed by atoms with Crippen LogP contribution < -0.4 is 0 Å². The van der Waals surface area contributed by atoms with E-state index in [-0.39, 0.29) is 11.5 Å². The maximum atomic E-state index is 10.4. The van der Waals surface area contributed by atoms with Crippen LogP contribution in [0.15, 0.2) is 6.07 Å². The third-order valence-electron chi connectivity index (χ3n) is 5.13. The quantitative estimate of drug-likeness (QED) is 0.847. The molecule has 0 saturated carbocycles. The van der Waals surface area contributed by atoms with Gasteiger partial charge < -0.3 is 9.67 Å². The van der Waals surface area contributed by atoms with Crippen molar-refractivity contribution in [1.82, 2.24) is 4.57 Å². The number of rotatable bonds is 2. The highest BCUT2D eigenvalue weighted by molar-refractivity contribution is 5.33. The van der Waals surface area contributed by atoms with Crippen molar-refractivity contribution in [2.75, 3.05) is 0 Å². The molecule has 0 aliphatic heterocycles. The summed E-state index contributed by atoms with van der Waals surface area (Å²) < 4.78 is 2.45. The van der Waals surface area contributed by atoms with Crippen LogP contribution in [0, 0.1) is 23.7 Å². The molecule has 0 amide bonds. The lowest BCUT2D eigenvalue weighted by atomic mass is 9.75. The van der Waals surface area contributed by atoms with Crippen molar-refractivity contribution >= 4 is 0 Å². The Bertz CT molecular complexity index is 490. The van der Waals surface area contributed by atoms with Crippen LogP contribution in [0.25, 0.3) is 0 Å². The highest BCUT2D eigenvalue weighted by Crippen LogP contribution is 2.42. The van der Waals surface area contributed by atoms with Gasteiger partial charge in [-0.2, -0.15) is 0 Å². The monoisotopic (exact) mass is 277 g/mol. The second-order valence-corrected chi connectivity index (χ2v) is 8.63. The normalized spacial score (nSPS) is 23.5. The Morgan fingerprint density at radius 1 is 1.40 bits per heavy atom. The molecule has 1 heterocycles. The second kappa shape index (κ2) is 4.91. The van der Waals surface area contributed by atoms with Gasteiger partial charge in [-0.1, -0.05) is 41.5 Å². The zero-order valence-electron chi connectivity index (χ0n) is 14.2. The van der Waals surface area contributed by atoms with Crippen molar-refractivity contribution < 1.29 is 5.11 Å². The van der Waals surface area contributed by atoms with E-state index >= 15 is 0 Å². The van der Waals surface area contributed by atoms with Gasteiger partial charge in [-0.25, -0.2) is 0 Å². The summed E-state index contributed by atoms with van der Waals surface area (Å²) in [6.45, 7) is 17.0. The van der Waals surface area contributed by atoms with Crippen molar-refractivity contribution in [3.8, 4) is 0 Å². The Morgan fingerprint density at radius 3 is 2.55 bits per heavy atom. The number of aliphatic hydroxyl groups excluding tert-OH is 1. The van der Waals surface area contributed by atoms with Crippen LogP contribution in [0.1, 0.15) is 71.0 Å². The van der Waals surface area contributed by atoms with Crippen molar-refractivity contribution in [2.24, 2.45) is 16.7 Å². The highest BCUT2D eigenvalue weighted by atomic mass is 16.3. The molecule has 0 radical (unpaired) electrons. The molecule has 2 rings (SSSR count). The standard InChI is InChI=1S/C18H31NO/c1-12(17(3,4)5)11-19-13(2)8-14-15(19)9-18(6,7)10-16(14)20/h8,12,16,20H,9-11H2,1-7H3. The Hall–Kier alpha value is -0.760. The first-order chi connectivity index (χ1) is 9.01. The van der Waals surface area contributed by atoms with Crippen molar-refractivity contribution in [3.05, 3.63) is 23.0 Å². The average Bonchev–Trinajstić information content (AvgIpc) is 2.54. The van der Waals surface area contributed by atoms with Crippen LogP contribution >= 0.6 is 0 Å². The molecule has 114 valence electrons. The molecule has 1 aliphatic rings. The molecule has 1 N–H and O–H groups in total. The zero-order chi connectivity index (χ0) is 15.3. The Labute approximate surface area is 124 Å². The van der Waals surface area contributed by atoms with E-state index in [4.69, 9.17) is 0 Å². The summed E-state index contributed by atoms with van der Waals surface area (Å²) in [5.74, 6) is 0.611. The smallest absolute Gasteiger partial charge is 0.0812 e. The minimum atomic E-state index is -0.293. The van der Waals surface area contributed by atoms with Crippen LogP contribution in [0.2, 0.25) is 0 Å². The zero-order valence-corrected chi connectivity index (χ0v) is 14.2. The average molecular weight is 277 g/mol. The number of hydrogen-bond acceptors (Lipinski definition) is 1. The van der Waals surface area contributed by atoms with E-state index in [1.54, 1.807) is 0 Å². The van der Waals surface area contributed by atoms with Gasteiger partial charge >= 0.3 is 0 Å². The van der Waals surface area contributed by atoms with Crippen molar-refractivity contribution in [3.63, 3.8) is 0 Å². The predicted molar refractivity (Wildman–Crippen MR) is 84.8 cm³/mol. The third kappa shape index (κ3) is 2.95. The van der Waals surface area contributed by atoms with Gasteiger partial charge in [0, 0.05) is 23.5 Å². The van der Waals surface area contributed by atoms with E-state index in [9.17, 15) is 5.11 Å². The first-order valence-corrected chi connectivity index (χ1v) is 7.88. The summed E-state index contributed by atoms with van der Waals surface area (Å²) in [6.07, 6.45) is 1.65. The largest absolute Gasteiger partial charge is 0.388 e. The molecule has 2 atom stereocenters. The molecule has 2 unspecified atom stereocenters. The Morgan fingerprint density at radius 2 is 2.00 bits per heavy atom. The van der Waals surface area contributed by atoms with Crippen LogP contribution in [0.5, 0.6) is 0 Å². The predicted octanol–water partition coefficient (Wildman–Crippen LogP) is 4.48. The van der Waals surface area contributed by atoms with Gasteiger partial charge in [0.15, 0.2) is 0 Å². The lowest BCUT2D eigenvalue weighted by molar-refractivity contribution is 0.0971. The summed E-state index contributed by atoms with van der Waals surface area (Å²) in [5.41, 5.74) is 4.33. The van der Waals surface area contributed by atoms with E-state index in [0.717, 1.165) is 19.4 Å². The van der Waals surface area contributed by atoms with Crippen molar-refractivity contribution in [1.29, 1.82) is 0 Å². The Kier molecular flexibility index (Phi) is 3.83. The Balaban J connectivity index is 2.37. The summed E-state index contributed by atoms with van der Waals surface area (Å²) in [7, 11) is 0. The first-order valence-electron chi connectivity index (χ1n) is 7.88. The molecule has 0 bridgehead atoms. The molecule has 20 heavy (non-hydrogen) atoms. The first kappa shape index (κ1) is 15.6. The van der Waals surface area contributed by atoms with Gasteiger partial charge in [0.1, 0.15) is 0 Å². The fourth-order valence-electron chi connectivity index (χ4n) is 3.20. The van der Waals surface area contributed by atoms with Crippen molar-refractivity contribution in [2.45, 2.75) is 74.0 Å². The molecule has 0 spiro atoms. The van der Waals surface area contributed by atoms with E-state index in [1.807, 2.05) is 0 Å². The molecular formula is C18H31NO. The fourth-order valence-corrected chi connectivity index (χ4v) is 3.20. The van der Waals surface area contributed by atoms with Gasteiger partial charge in [0.25, 0.3) is 0 Å². The summed E-state index contributed by atoms with van der Waals surface area (Å²) in [5, 5.41) is 10.4. The van der Waals surface area contributed by atoms with E-state index in [2.05, 4.69) is 59.1 Å². The summed E-state index contributed by atoms with van der Waals surface area (Å²) in [4.78, 5) is 0. The van der Waals surface area contributed by atoms with Crippen LogP contribution in [-0.4, -0.2) is 9.67 Å². The molecule has 0 fully saturated rings. The second-order valence-electron chi connectivity index (χ2n) is 8.63. The number of fused-ring (bicyclic) bond motifs is 1. The molecule has 2 heteroatoms. The fraction of sp³-hybridized carbons (Fsp3) is 0.778. The molecular weight excluding hydrogens is 246 g/mol. The van der Waals surface area contributed by atoms with Gasteiger partial charge in [-0.3, -0.25) is 0 Å². The van der Waals surface area contributed by atoms with Gasteiger partial charge in [0.2, 0.25) is 0 Å². The summed E-state index contributed by atoms with van der Waals surface area (Å²) >= 11 is 0. The number of aryl methyl sites for hydroxylation is 1. The number of aliphatic hydroxyl groups is 1. The van der Waals surface area contributed by atoms with Gasteiger partial charge in [0.05, 0.1) is 6.10 Å². The van der Waals surface area contributed by atoms with E-state index in [0.29, 0.717) is 11.3 Å². The maximum Gasteiger partial charge on any atom is 0.0812 e. The molecule has 1 aliphatic carbocycles. The molecule has 2 nitrogen and oxygen atoms in total. The lowest BCUT2D eigenvalue weighted by Crippen LogP contribution is -2.29. The summed E-state index contributed by atoms with van der Waals surface area (Å²) in [6, 6.07) is 2.20. The SMILES string of the molecule is Cc1cc2c(n1CC(C)C(C)(C)C)CC(C)(C)CC2O. The molecule has 0 aromatic carbocycles. The molecule has 0 saturated heterocycles. The van der Waals surface area contributed by atoms with Crippen LogP contribution in [0.3, 0.4) is 0 Å². The van der Waals surface area contributed by atoms with Crippen LogP contribution in [-0.2, 0) is 13.0 Å². The number of hydrogen-bond donors (Lipinski definition) is 1. The number of nitrogens with zero attached hydrogens (tertiary/aromatic N) is 1. The van der Waals surface area contributed by atoms with E-state index < -0.39 is 0 Å². The minimum absolute atomic E-state index is 0.194. The van der Waals surface area contributed by atoms with E-state index in [1.165, 1.54) is 17.0 Å². The maximum absolute atomic E-state index is 10.4. The molecule has 1 aromatic heterocycles. The van der Waals surface area contributed by atoms with Gasteiger partial charge in [-0.15, -0.1) is 0 Å². The number of aromatic nitrogens is 1.